The number of nitrogens with zero attached hydrogens (tertiary/aromatic N) is 2. The van der Waals surface area contributed by atoms with Gasteiger partial charge in [-0.05, 0) is 31.2 Å². The van der Waals surface area contributed by atoms with E-state index in [-0.39, 0.29) is 18.4 Å². The number of unbranched alkanes of at least 4 members (excludes halogenated alkanes) is 1. The zero-order valence-electron chi connectivity index (χ0n) is 14.4. The molecule has 0 unspecified atom stereocenters. The zero-order valence-corrected chi connectivity index (χ0v) is 14.4. The predicted molar refractivity (Wildman–Crippen MR) is 91.1 cm³/mol. The third kappa shape index (κ3) is 3.31. The summed E-state index contributed by atoms with van der Waals surface area (Å²) in [6.07, 6.45) is 4.55. The Balaban J connectivity index is 1.65. The summed E-state index contributed by atoms with van der Waals surface area (Å²) in [6.45, 7) is 3.96. The maximum atomic E-state index is 13.1. The Bertz CT molecular complexity index is 584. The molecular weight excluding hydrogens is 304 g/mol. The molecule has 1 saturated carbocycles. The van der Waals surface area contributed by atoms with E-state index in [4.69, 9.17) is 4.74 Å². The maximum Gasteiger partial charge on any atom is 0.267 e. The highest BCUT2D eigenvalue weighted by Gasteiger charge is 2.54. The van der Waals surface area contributed by atoms with E-state index < -0.39 is 5.41 Å². The number of carbonyl (C=O) groups excluding carboxylic acids is 2. The SMILES string of the molecule is CCCCOCC(=O)N1CCCN1C(=O)C1(c2ccccc2)CC1. The Kier molecular flexibility index (Phi) is 5.19. The van der Waals surface area contributed by atoms with Crippen LogP contribution in [0.1, 0.15) is 44.6 Å². The van der Waals surface area contributed by atoms with E-state index >= 15 is 0 Å². The summed E-state index contributed by atoms with van der Waals surface area (Å²) >= 11 is 0. The third-order valence-corrected chi connectivity index (χ3v) is 4.91. The number of hydrogen-bond acceptors (Lipinski definition) is 3. The van der Waals surface area contributed by atoms with Gasteiger partial charge in [0.1, 0.15) is 6.61 Å². The Hall–Kier alpha value is -1.88. The maximum absolute atomic E-state index is 13.1. The van der Waals surface area contributed by atoms with Crippen molar-refractivity contribution in [1.82, 2.24) is 10.0 Å². The average Bonchev–Trinajstić information content (AvgIpc) is 3.28. The lowest BCUT2D eigenvalue weighted by atomic mass is 9.95. The first kappa shape index (κ1) is 17.0. The van der Waals surface area contributed by atoms with Crippen molar-refractivity contribution in [2.45, 2.75) is 44.4 Å². The standard InChI is InChI=1S/C19H26N2O3/c1-2-3-14-24-15-17(22)20-12-7-13-21(20)18(23)19(10-11-19)16-8-5-4-6-9-16/h4-6,8-9H,2-3,7,10-15H2,1H3. The molecule has 0 N–H and O–H groups in total. The van der Waals surface area contributed by atoms with Crippen LogP contribution in [0, 0.1) is 0 Å². The van der Waals surface area contributed by atoms with E-state index in [0.717, 1.165) is 37.7 Å². The van der Waals surface area contributed by atoms with Gasteiger partial charge in [0, 0.05) is 19.7 Å². The van der Waals surface area contributed by atoms with Crippen LogP contribution in [0.5, 0.6) is 0 Å². The van der Waals surface area contributed by atoms with Gasteiger partial charge in [0.15, 0.2) is 0 Å². The van der Waals surface area contributed by atoms with Gasteiger partial charge in [0.25, 0.3) is 11.8 Å². The first-order valence-electron chi connectivity index (χ1n) is 8.94. The summed E-state index contributed by atoms with van der Waals surface area (Å²) in [6, 6.07) is 9.93. The Morgan fingerprint density at radius 3 is 2.50 bits per heavy atom. The monoisotopic (exact) mass is 330 g/mol. The van der Waals surface area contributed by atoms with Crippen LogP contribution in [0.3, 0.4) is 0 Å². The lowest BCUT2D eigenvalue weighted by molar-refractivity contribution is -0.162. The summed E-state index contributed by atoms with van der Waals surface area (Å²) in [7, 11) is 0. The lowest BCUT2D eigenvalue weighted by Crippen LogP contribution is -2.50. The Morgan fingerprint density at radius 2 is 1.83 bits per heavy atom. The molecule has 0 aromatic heterocycles. The first-order valence-corrected chi connectivity index (χ1v) is 8.94. The largest absolute Gasteiger partial charge is 0.372 e. The van der Waals surface area contributed by atoms with E-state index in [0.29, 0.717) is 19.7 Å². The molecule has 0 radical (unpaired) electrons. The van der Waals surface area contributed by atoms with Crippen LogP contribution in [0.4, 0.5) is 0 Å². The minimum atomic E-state index is -0.423. The first-order chi connectivity index (χ1) is 11.7. The fraction of sp³-hybridized carbons (Fsp3) is 0.579. The van der Waals surface area contributed by atoms with Gasteiger partial charge < -0.3 is 4.74 Å². The summed E-state index contributed by atoms with van der Waals surface area (Å²) in [5.41, 5.74) is 0.640. The van der Waals surface area contributed by atoms with Crippen molar-refractivity contribution in [2.24, 2.45) is 0 Å². The van der Waals surface area contributed by atoms with E-state index in [1.807, 2.05) is 30.3 Å². The van der Waals surface area contributed by atoms with Crippen LogP contribution < -0.4 is 0 Å². The number of amides is 2. The molecule has 1 aromatic rings. The highest BCUT2D eigenvalue weighted by molar-refractivity contribution is 5.93. The van der Waals surface area contributed by atoms with Gasteiger partial charge in [0.2, 0.25) is 0 Å². The molecule has 130 valence electrons. The molecule has 2 amide bonds. The molecule has 2 fully saturated rings. The average molecular weight is 330 g/mol. The van der Waals surface area contributed by atoms with Crippen LogP contribution >= 0.6 is 0 Å². The second-order valence-electron chi connectivity index (χ2n) is 6.65. The van der Waals surface area contributed by atoms with Crippen molar-refractivity contribution < 1.29 is 14.3 Å². The number of hydrogen-bond donors (Lipinski definition) is 0. The quantitative estimate of drug-likeness (QED) is 0.722. The van der Waals surface area contributed by atoms with Crippen LogP contribution in [0.15, 0.2) is 30.3 Å². The molecule has 1 aliphatic carbocycles. The fourth-order valence-electron chi connectivity index (χ4n) is 3.32. The molecule has 0 bridgehead atoms. The van der Waals surface area contributed by atoms with Crippen molar-refractivity contribution in [1.29, 1.82) is 0 Å². The van der Waals surface area contributed by atoms with Crippen molar-refractivity contribution in [3.8, 4) is 0 Å². The van der Waals surface area contributed by atoms with Crippen molar-refractivity contribution in [3.05, 3.63) is 35.9 Å². The third-order valence-electron chi connectivity index (χ3n) is 4.91. The van der Waals surface area contributed by atoms with Crippen molar-refractivity contribution in [2.75, 3.05) is 26.3 Å². The van der Waals surface area contributed by atoms with Crippen LogP contribution in [-0.4, -0.2) is 48.1 Å². The molecular formula is C19H26N2O3. The normalized spacial score (nSPS) is 18.7. The Labute approximate surface area is 143 Å². The predicted octanol–water partition coefficient (Wildman–Crippen LogP) is 2.51. The number of hydrazine groups is 1. The number of rotatable bonds is 7. The summed E-state index contributed by atoms with van der Waals surface area (Å²) in [4.78, 5) is 25.5. The highest BCUT2D eigenvalue weighted by Crippen LogP contribution is 2.50. The molecule has 3 rings (SSSR count). The molecule has 1 heterocycles. The van der Waals surface area contributed by atoms with E-state index in [2.05, 4.69) is 6.92 Å². The van der Waals surface area contributed by atoms with Gasteiger partial charge in [-0.1, -0.05) is 43.7 Å². The fourth-order valence-corrected chi connectivity index (χ4v) is 3.32. The van der Waals surface area contributed by atoms with Gasteiger partial charge in [0.05, 0.1) is 5.41 Å². The van der Waals surface area contributed by atoms with Crippen LogP contribution in [0.2, 0.25) is 0 Å². The van der Waals surface area contributed by atoms with Gasteiger partial charge in [-0.15, -0.1) is 0 Å². The van der Waals surface area contributed by atoms with Crippen LogP contribution in [0.25, 0.3) is 0 Å². The zero-order chi connectivity index (χ0) is 17.0. The summed E-state index contributed by atoms with van der Waals surface area (Å²) in [5.74, 6) is -0.0473. The van der Waals surface area contributed by atoms with Gasteiger partial charge in [-0.3, -0.25) is 14.6 Å². The second kappa shape index (κ2) is 7.34. The molecule has 0 spiro atoms. The lowest BCUT2D eigenvalue weighted by Gasteiger charge is -2.31. The summed E-state index contributed by atoms with van der Waals surface area (Å²) in [5, 5.41) is 3.25. The molecule has 5 heteroatoms. The van der Waals surface area contributed by atoms with Gasteiger partial charge >= 0.3 is 0 Å². The molecule has 24 heavy (non-hydrogen) atoms. The molecule has 5 nitrogen and oxygen atoms in total. The van der Waals surface area contributed by atoms with Crippen LogP contribution in [-0.2, 0) is 19.7 Å². The highest BCUT2D eigenvalue weighted by atomic mass is 16.5. The van der Waals surface area contributed by atoms with E-state index in [1.54, 1.807) is 10.0 Å². The number of ether oxygens (including phenoxy) is 1. The minimum absolute atomic E-state index is 0.0577. The van der Waals surface area contributed by atoms with Gasteiger partial charge in [-0.2, -0.15) is 0 Å². The van der Waals surface area contributed by atoms with Gasteiger partial charge in [-0.25, -0.2) is 5.01 Å². The molecule has 1 aliphatic heterocycles. The minimum Gasteiger partial charge on any atom is -0.372 e. The second-order valence-corrected chi connectivity index (χ2v) is 6.65. The number of benzene rings is 1. The molecule has 1 aromatic carbocycles. The summed E-state index contributed by atoms with van der Waals surface area (Å²) < 4.78 is 5.43. The number of carbonyl (C=O) groups is 2. The molecule has 0 atom stereocenters. The van der Waals surface area contributed by atoms with E-state index in [9.17, 15) is 9.59 Å². The molecule has 2 aliphatic rings. The Morgan fingerprint density at radius 1 is 1.12 bits per heavy atom. The van der Waals surface area contributed by atoms with Crippen molar-refractivity contribution >= 4 is 11.8 Å². The van der Waals surface area contributed by atoms with Crippen molar-refractivity contribution in [3.63, 3.8) is 0 Å². The smallest absolute Gasteiger partial charge is 0.267 e. The topological polar surface area (TPSA) is 49.9 Å². The van der Waals surface area contributed by atoms with E-state index in [1.165, 1.54) is 0 Å². The molecule has 1 saturated heterocycles.